The molecule has 1 aromatic heterocycles. The van der Waals surface area contributed by atoms with E-state index in [4.69, 9.17) is 0 Å². The van der Waals surface area contributed by atoms with Gasteiger partial charge in [-0.1, -0.05) is 20.8 Å². The minimum atomic E-state index is 0.481. The van der Waals surface area contributed by atoms with Crippen LogP contribution in [0.1, 0.15) is 39.4 Å². The number of hydrogen-bond donors (Lipinski definition) is 1. The van der Waals surface area contributed by atoms with Gasteiger partial charge in [0.2, 0.25) is 0 Å². The van der Waals surface area contributed by atoms with Crippen molar-refractivity contribution in [2.24, 2.45) is 18.4 Å². The summed E-state index contributed by atoms with van der Waals surface area (Å²) in [7, 11) is 1.90. The van der Waals surface area contributed by atoms with Crippen molar-refractivity contribution in [2.75, 3.05) is 0 Å². The molecule has 2 atom stereocenters. The summed E-state index contributed by atoms with van der Waals surface area (Å²) in [6.07, 6.45) is 4.31. The van der Waals surface area contributed by atoms with E-state index in [0.717, 1.165) is 18.3 Å². The molecule has 2 unspecified atom stereocenters. The molecule has 1 fully saturated rings. The molecule has 1 aromatic rings. The first-order valence-corrected chi connectivity index (χ1v) is 6.04. The number of aryl methyl sites for hydroxylation is 1. The summed E-state index contributed by atoms with van der Waals surface area (Å²) in [5, 5.41) is 7.85. The van der Waals surface area contributed by atoms with Crippen molar-refractivity contribution in [1.82, 2.24) is 20.1 Å². The van der Waals surface area contributed by atoms with E-state index in [0.29, 0.717) is 11.5 Å². The lowest BCUT2D eigenvalue weighted by atomic mass is 9.91. The zero-order valence-electron chi connectivity index (χ0n) is 10.7. The quantitative estimate of drug-likeness (QED) is 0.847. The highest BCUT2D eigenvalue weighted by Crippen LogP contribution is 2.40. The predicted molar refractivity (Wildman–Crippen MR) is 63.8 cm³/mol. The van der Waals surface area contributed by atoms with E-state index < -0.39 is 0 Å². The van der Waals surface area contributed by atoms with Crippen molar-refractivity contribution < 1.29 is 0 Å². The summed E-state index contributed by atoms with van der Waals surface area (Å²) in [6, 6.07) is 0.610. The van der Waals surface area contributed by atoms with Gasteiger partial charge in [0.25, 0.3) is 0 Å². The van der Waals surface area contributed by atoms with Crippen LogP contribution >= 0.6 is 0 Å². The number of nitrogens with one attached hydrogen (secondary N) is 1. The highest BCUT2D eigenvalue weighted by atomic mass is 15.3. The van der Waals surface area contributed by atoms with Crippen LogP contribution in [0.5, 0.6) is 0 Å². The van der Waals surface area contributed by atoms with Crippen molar-refractivity contribution >= 4 is 0 Å². The van der Waals surface area contributed by atoms with Crippen LogP contribution in [0, 0.1) is 11.3 Å². The van der Waals surface area contributed by atoms with E-state index in [1.54, 1.807) is 11.0 Å². The Hall–Kier alpha value is -0.900. The third kappa shape index (κ3) is 2.61. The Balaban J connectivity index is 1.87. The maximum absolute atomic E-state index is 4.28. The molecule has 0 aromatic carbocycles. The zero-order chi connectivity index (χ0) is 11.8. The minimum Gasteiger partial charge on any atom is -0.307 e. The molecule has 0 aliphatic heterocycles. The summed E-state index contributed by atoms with van der Waals surface area (Å²) < 4.78 is 1.75. The normalized spacial score (nSPS) is 28.5. The van der Waals surface area contributed by atoms with Gasteiger partial charge in [0, 0.05) is 13.1 Å². The predicted octanol–water partition coefficient (Wildman–Crippen LogP) is 1.73. The van der Waals surface area contributed by atoms with Crippen LogP contribution in [-0.2, 0) is 13.6 Å². The number of hydrogen-bond acceptors (Lipinski definition) is 3. The Labute approximate surface area is 97.5 Å². The smallest absolute Gasteiger partial charge is 0.164 e. The van der Waals surface area contributed by atoms with E-state index in [9.17, 15) is 0 Å². The van der Waals surface area contributed by atoms with Gasteiger partial charge in [-0.15, -0.1) is 0 Å². The fraction of sp³-hybridized carbons (Fsp3) is 0.833. The fourth-order valence-corrected chi connectivity index (χ4v) is 2.85. The van der Waals surface area contributed by atoms with E-state index in [2.05, 4.69) is 36.2 Å². The molecule has 1 aliphatic carbocycles. The average molecular weight is 222 g/mol. The average Bonchev–Trinajstić information content (AvgIpc) is 2.67. The van der Waals surface area contributed by atoms with Crippen molar-refractivity contribution in [3.8, 4) is 0 Å². The van der Waals surface area contributed by atoms with Crippen LogP contribution in [-0.4, -0.2) is 20.8 Å². The van der Waals surface area contributed by atoms with E-state index in [-0.39, 0.29) is 0 Å². The molecule has 90 valence electrons. The largest absolute Gasteiger partial charge is 0.307 e. The Morgan fingerprint density at radius 3 is 2.75 bits per heavy atom. The van der Waals surface area contributed by atoms with Crippen molar-refractivity contribution in [1.29, 1.82) is 0 Å². The topological polar surface area (TPSA) is 42.7 Å². The second-order valence-electron chi connectivity index (χ2n) is 5.87. The zero-order valence-corrected chi connectivity index (χ0v) is 10.7. The first-order valence-electron chi connectivity index (χ1n) is 6.04. The molecule has 4 heteroatoms. The van der Waals surface area contributed by atoms with Crippen LogP contribution in [0.15, 0.2) is 6.33 Å². The first-order chi connectivity index (χ1) is 7.46. The molecule has 1 aliphatic rings. The Morgan fingerprint density at radius 2 is 2.25 bits per heavy atom. The highest BCUT2D eigenvalue weighted by molar-refractivity contribution is 4.92. The third-order valence-corrected chi connectivity index (χ3v) is 3.50. The van der Waals surface area contributed by atoms with Crippen LogP contribution < -0.4 is 5.32 Å². The van der Waals surface area contributed by atoms with Crippen molar-refractivity contribution in [2.45, 2.75) is 46.2 Å². The maximum atomic E-state index is 4.28. The SMILES string of the molecule is CC1CC(C)(C)CC1NCc1ncn(C)n1. The van der Waals surface area contributed by atoms with Gasteiger partial charge in [-0.3, -0.25) is 4.68 Å². The molecule has 1 heterocycles. The Bertz CT molecular complexity index is 356. The second-order valence-corrected chi connectivity index (χ2v) is 5.87. The van der Waals surface area contributed by atoms with Gasteiger partial charge in [0.15, 0.2) is 5.82 Å². The molecule has 4 nitrogen and oxygen atoms in total. The van der Waals surface area contributed by atoms with E-state index >= 15 is 0 Å². The van der Waals surface area contributed by atoms with Crippen LogP contribution in [0.4, 0.5) is 0 Å². The van der Waals surface area contributed by atoms with Gasteiger partial charge >= 0.3 is 0 Å². The number of aromatic nitrogens is 3. The molecule has 0 spiro atoms. The summed E-state index contributed by atoms with van der Waals surface area (Å²) in [5.41, 5.74) is 0.481. The van der Waals surface area contributed by atoms with Crippen molar-refractivity contribution in [3.05, 3.63) is 12.2 Å². The lowest BCUT2D eigenvalue weighted by molar-refractivity contribution is 0.361. The van der Waals surface area contributed by atoms with Gasteiger partial charge in [-0.25, -0.2) is 4.98 Å². The molecule has 0 bridgehead atoms. The summed E-state index contributed by atoms with van der Waals surface area (Å²) in [6.45, 7) is 7.82. The van der Waals surface area contributed by atoms with Gasteiger partial charge in [-0.05, 0) is 24.2 Å². The molecule has 1 N–H and O–H groups in total. The molecule has 0 amide bonds. The number of rotatable bonds is 3. The summed E-state index contributed by atoms with van der Waals surface area (Å²) >= 11 is 0. The van der Waals surface area contributed by atoms with Gasteiger partial charge < -0.3 is 5.32 Å². The molecule has 1 saturated carbocycles. The molecule has 16 heavy (non-hydrogen) atoms. The first kappa shape index (κ1) is 11.6. The van der Waals surface area contributed by atoms with E-state index in [1.165, 1.54) is 12.8 Å². The van der Waals surface area contributed by atoms with E-state index in [1.807, 2.05) is 7.05 Å². The minimum absolute atomic E-state index is 0.481. The maximum Gasteiger partial charge on any atom is 0.164 e. The van der Waals surface area contributed by atoms with Crippen LogP contribution in [0.2, 0.25) is 0 Å². The number of nitrogens with zero attached hydrogens (tertiary/aromatic N) is 3. The molecule has 2 rings (SSSR count). The van der Waals surface area contributed by atoms with Crippen LogP contribution in [0.3, 0.4) is 0 Å². The second kappa shape index (κ2) is 4.17. The van der Waals surface area contributed by atoms with Crippen LogP contribution in [0.25, 0.3) is 0 Å². The highest BCUT2D eigenvalue weighted by Gasteiger charge is 2.36. The Kier molecular flexibility index (Phi) is 3.02. The summed E-state index contributed by atoms with van der Waals surface area (Å²) in [5.74, 6) is 1.64. The summed E-state index contributed by atoms with van der Waals surface area (Å²) in [4.78, 5) is 4.23. The monoisotopic (exact) mass is 222 g/mol. The van der Waals surface area contributed by atoms with Gasteiger partial charge in [0.05, 0.1) is 6.54 Å². The lowest BCUT2D eigenvalue weighted by Gasteiger charge is -2.17. The third-order valence-electron chi connectivity index (χ3n) is 3.50. The van der Waals surface area contributed by atoms with Gasteiger partial charge in [0.1, 0.15) is 6.33 Å². The van der Waals surface area contributed by atoms with Gasteiger partial charge in [-0.2, -0.15) is 5.10 Å². The Morgan fingerprint density at radius 1 is 1.50 bits per heavy atom. The lowest BCUT2D eigenvalue weighted by Crippen LogP contribution is -2.31. The molecular formula is C12H22N4. The molecular weight excluding hydrogens is 200 g/mol. The fourth-order valence-electron chi connectivity index (χ4n) is 2.85. The van der Waals surface area contributed by atoms with Crippen molar-refractivity contribution in [3.63, 3.8) is 0 Å². The standard InChI is InChI=1S/C12H22N4/c1-9-5-12(2,3)6-10(9)13-7-11-14-8-16(4)15-11/h8-10,13H,5-7H2,1-4H3. The molecule has 0 saturated heterocycles. The molecule has 0 radical (unpaired) electrons.